The van der Waals surface area contributed by atoms with E-state index in [4.69, 9.17) is 40.5 Å². The third-order valence-corrected chi connectivity index (χ3v) is 5.25. The van der Waals surface area contributed by atoms with Crippen molar-refractivity contribution in [2.45, 2.75) is 0 Å². The Hall–Kier alpha value is -2.33. The summed E-state index contributed by atoms with van der Waals surface area (Å²) in [5.74, 6) is 0.680. The minimum absolute atomic E-state index is 0.614. The third kappa shape index (κ3) is 3.10. The minimum atomic E-state index is 0.614. The van der Waals surface area contributed by atoms with Crippen LogP contribution in [0.2, 0.25) is 5.02 Å². The van der Waals surface area contributed by atoms with Crippen LogP contribution in [0.4, 0.5) is 0 Å². The van der Waals surface area contributed by atoms with Crippen LogP contribution in [-0.4, -0.2) is 4.86 Å². The molecule has 4 rings (SSSR count). The molecule has 0 unspecified atom stereocenters. The number of thiocarbonyl (C=S) groups is 1. The van der Waals surface area contributed by atoms with Crippen LogP contribution in [0.1, 0.15) is 11.1 Å². The molecular formula is C22H13ClOS2. The van der Waals surface area contributed by atoms with Crippen LogP contribution in [-0.2, 0) is 0 Å². The summed E-state index contributed by atoms with van der Waals surface area (Å²) < 4.78 is 6.90. The van der Waals surface area contributed by atoms with E-state index in [2.05, 4.69) is 0 Å². The largest absolute Gasteiger partial charge is 0.455 e. The summed E-state index contributed by atoms with van der Waals surface area (Å²) in [5.41, 5.74) is 3.31. The number of fused-ring (bicyclic) bond motifs is 1. The van der Waals surface area contributed by atoms with Gasteiger partial charge in [0.1, 0.15) is 11.3 Å². The Morgan fingerprint density at radius 3 is 2.19 bits per heavy atom. The monoisotopic (exact) mass is 392 g/mol. The van der Waals surface area contributed by atoms with Crippen molar-refractivity contribution in [2.75, 3.05) is 0 Å². The zero-order valence-electron chi connectivity index (χ0n) is 13.6. The Morgan fingerprint density at radius 2 is 1.50 bits per heavy atom. The van der Waals surface area contributed by atoms with Crippen molar-refractivity contribution in [1.82, 2.24) is 0 Å². The lowest BCUT2D eigenvalue weighted by Gasteiger charge is -2.13. The van der Waals surface area contributed by atoms with Gasteiger partial charge in [0.15, 0.2) is 0 Å². The lowest BCUT2D eigenvalue weighted by molar-refractivity contribution is 0.618. The molecule has 26 heavy (non-hydrogen) atoms. The maximum Gasteiger partial charge on any atom is 0.144 e. The van der Waals surface area contributed by atoms with Gasteiger partial charge in [-0.1, -0.05) is 96.7 Å². The molecular weight excluding hydrogens is 380 g/mol. The van der Waals surface area contributed by atoms with E-state index in [9.17, 15) is 0 Å². The molecule has 0 saturated carbocycles. The van der Waals surface area contributed by atoms with Gasteiger partial charge in [-0.15, -0.1) is 0 Å². The molecule has 1 heterocycles. The maximum atomic E-state index is 6.24. The molecule has 126 valence electrons. The first-order chi connectivity index (χ1) is 12.6. The topological polar surface area (TPSA) is 13.1 Å². The predicted molar refractivity (Wildman–Crippen MR) is 115 cm³/mol. The van der Waals surface area contributed by atoms with Crippen molar-refractivity contribution in [3.8, 4) is 11.3 Å². The van der Waals surface area contributed by atoms with E-state index in [0.29, 0.717) is 25.7 Å². The second-order valence-electron chi connectivity index (χ2n) is 5.84. The van der Waals surface area contributed by atoms with Crippen LogP contribution in [0, 0.1) is 4.51 Å². The predicted octanol–water partition coefficient (Wildman–Crippen LogP) is 7.25. The molecule has 0 bridgehead atoms. The average molecular weight is 393 g/mol. The smallest absolute Gasteiger partial charge is 0.144 e. The summed E-state index contributed by atoms with van der Waals surface area (Å²) in [6.07, 6.45) is 0. The number of halogens is 1. The van der Waals surface area contributed by atoms with Gasteiger partial charge in [-0.05, 0) is 23.8 Å². The summed E-state index contributed by atoms with van der Waals surface area (Å²) in [5, 5.41) is 1.41. The molecule has 0 spiro atoms. The first kappa shape index (κ1) is 17.1. The second kappa shape index (κ2) is 7.12. The highest BCUT2D eigenvalue weighted by Crippen LogP contribution is 2.33. The highest BCUT2D eigenvalue weighted by atomic mass is 35.5. The molecule has 0 saturated heterocycles. The maximum absolute atomic E-state index is 6.24. The normalized spacial score (nSPS) is 10.8. The average Bonchev–Trinajstić information content (AvgIpc) is 2.69. The molecule has 0 aliphatic heterocycles. The molecule has 1 aromatic heterocycles. The van der Waals surface area contributed by atoms with E-state index in [1.165, 1.54) is 0 Å². The van der Waals surface area contributed by atoms with Gasteiger partial charge in [-0.2, -0.15) is 0 Å². The lowest BCUT2D eigenvalue weighted by atomic mass is 9.98. The van der Waals surface area contributed by atoms with Gasteiger partial charge in [0, 0.05) is 16.0 Å². The fourth-order valence-electron chi connectivity index (χ4n) is 2.90. The van der Waals surface area contributed by atoms with Crippen molar-refractivity contribution in [3.63, 3.8) is 0 Å². The first-order valence-corrected chi connectivity index (χ1v) is 9.26. The molecule has 0 aliphatic carbocycles. The highest BCUT2D eigenvalue weighted by Gasteiger charge is 2.18. The molecule has 4 heteroatoms. The fourth-order valence-corrected chi connectivity index (χ4v) is 3.82. The van der Waals surface area contributed by atoms with E-state index in [1.807, 2.05) is 72.8 Å². The van der Waals surface area contributed by atoms with Gasteiger partial charge in [0.05, 0.1) is 14.9 Å². The zero-order chi connectivity index (χ0) is 18.1. The van der Waals surface area contributed by atoms with Gasteiger partial charge < -0.3 is 4.42 Å². The van der Waals surface area contributed by atoms with Gasteiger partial charge in [0.25, 0.3) is 0 Å². The second-order valence-corrected chi connectivity index (χ2v) is 7.09. The number of rotatable bonds is 3. The number of hydrogen-bond donors (Lipinski definition) is 0. The Bertz CT molecular complexity index is 1170. The molecule has 0 atom stereocenters. The summed E-state index contributed by atoms with van der Waals surface area (Å²) in [6, 6.07) is 25.2. The molecule has 4 aromatic rings. The van der Waals surface area contributed by atoms with Crippen LogP contribution in [0.5, 0.6) is 0 Å². The van der Waals surface area contributed by atoms with Crippen molar-refractivity contribution >= 4 is 51.9 Å². The summed E-state index contributed by atoms with van der Waals surface area (Å²) in [7, 11) is 0. The standard InChI is InChI=1S/C22H13ClOS2/c23-16-11-12-18-17(13-16)22(26)19(21(25)15-9-5-2-6-10-15)20(24-18)14-7-3-1-4-8-14/h1-13H. The van der Waals surface area contributed by atoms with Crippen LogP contribution in [0.15, 0.2) is 83.3 Å². The molecule has 0 N–H and O–H groups in total. The van der Waals surface area contributed by atoms with E-state index in [1.54, 1.807) is 6.07 Å². The highest BCUT2D eigenvalue weighted by molar-refractivity contribution is 7.81. The van der Waals surface area contributed by atoms with Crippen LogP contribution < -0.4 is 0 Å². The summed E-state index contributed by atoms with van der Waals surface area (Å²) in [6.45, 7) is 0. The van der Waals surface area contributed by atoms with Crippen LogP contribution >= 0.6 is 36.0 Å². The Kier molecular flexibility index (Phi) is 4.68. The minimum Gasteiger partial charge on any atom is -0.455 e. The van der Waals surface area contributed by atoms with Gasteiger partial charge in [0.2, 0.25) is 0 Å². The Morgan fingerprint density at radius 1 is 0.846 bits per heavy atom. The van der Waals surface area contributed by atoms with Crippen molar-refractivity contribution in [3.05, 3.63) is 99.5 Å². The lowest BCUT2D eigenvalue weighted by Crippen LogP contribution is -2.04. The number of benzene rings is 3. The van der Waals surface area contributed by atoms with E-state index in [0.717, 1.165) is 22.1 Å². The number of hydrogen-bond acceptors (Lipinski definition) is 3. The van der Waals surface area contributed by atoms with E-state index >= 15 is 0 Å². The van der Waals surface area contributed by atoms with Crippen LogP contribution in [0.3, 0.4) is 0 Å². The Labute approximate surface area is 166 Å². The molecule has 0 amide bonds. The van der Waals surface area contributed by atoms with E-state index < -0.39 is 0 Å². The quantitative estimate of drug-likeness (QED) is 0.269. The first-order valence-electron chi connectivity index (χ1n) is 8.06. The van der Waals surface area contributed by atoms with Gasteiger partial charge >= 0.3 is 0 Å². The summed E-state index contributed by atoms with van der Waals surface area (Å²) in [4.78, 5) is 0.667. The fraction of sp³-hybridized carbons (Fsp3) is 0. The van der Waals surface area contributed by atoms with E-state index in [-0.39, 0.29) is 0 Å². The third-order valence-electron chi connectivity index (χ3n) is 4.15. The molecule has 0 fully saturated rings. The Balaban J connectivity index is 2.07. The molecule has 3 aromatic carbocycles. The van der Waals surface area contributed by atoms with Gasteiger partial charge in [-0.25, -0.2) is 0 Å². The van der Waals surface area contributed by atoms with Crippen molar-refractivity contribution < 1.29 is 4.42 Å². The molecule has 0 radical (unpaired) electrons. The van der Waals surface area contributed by atoms with Crippen molar-refractivity contribution in [1.29, 1.82) is 0 Å². The molecule has 1 nitrogen and oxygen atoms in total. The van der Waals surface area contributed by atoms with Crippen molar-refractivity contribution in [2.24, 2.45) is 0 Å². The summed E-state index contributed by atoms with van der Waals surface area (Å²) >= 11 is 17.8. The zero-order valence-corrected chi connectivity index (χ0v) is 16.0. The SMILES string of the molecule is S=C(c1ccccc1)c1c(-c2ccccc2)oc2ccc(Cl)cc2c1=S. The van der Waals surface area contributed by atoms with Gasteiger partial charge in [-0.3, -0.25) is 0 Å². The van der Waals surface area contributed by atoms with Crippen LogP contribution in [0.25, 0.3) is 22.3 Å². The molecule has 0 aliphatic rings.